The molecule has 0 radical (unpaired) electrons. The Hall–Kier alpha value is -3.03. The number of rotatable bonds is 4. The highest BCUT2D eigenvalue weighted by Crippen LogP contribution is 2.33. The molecule has 0 bridgehead atoms. The zero-order chi connectivity index (χ0) is 22.0. The van der Waals surface area contributed by atoms with Crippen molar-refractivity contribution in [3.63, 3.8) is 0 Å². The average molecular weight is 441 g/mol. The molecule has 1 saturated heterocycles. The molecule has 1 N–H and O–H groups in total. The highest BCUT2D eigenvalue weighted by Gasteiger charge is 2.27. The summed E-state index contributed by atoms with van der Waals surface area (Å²) >= 11 is 6.09. The molecule has 7 nitrogen and oxygen atoms in total. The number of likely N-dealkylation sites (tertiary alicyclic amines) is 1. The molecule has 2 amide bonds. The number of urea groups is 1. The van der Waals surface area contributed by atoms with Crippen molar-refractivity contribution in [2.45, 2.75) is 18.8 Å². The minimum absolute atomic E-state index is 0.235. The molecule has 4 rings (SSSR count). The number of amides is 2. The fraction of sp³-hybridized carbons (Fsp3) is 0.304. The first-order chi connectivity index (χ1) is 15.0. The van der Waals surface area contributed by atoms with Gasteiger partial charge in [-0.15, -0.1) is 0 Å². The van der Waals surface area contributed by atoms with Gasteiger partial charge >= 0.3 is 6.03 Å². The van der Waals surface area contributed by atoms with Crippen molar-refractivity contribution in [1.29, 1.82) is 0 Å². The number of hydroxylamine groups is 2. The number of benzene rings is 2. The predicted molar refractivity (Wildman–Crippen MR) is 119 cm³/mol. The molecule has 1 aliphatic rings. The third-order valence-corrected chi connectivity index (χ3v) is 5.90. The SMILES string of the molecule is COc1ccc(-n2nc(C3CCN(C(=O)N(C)O)CC3)cc2-c2ccc(Cl)cc2)cc1. The molecule has 0 spiro atoms. The van der Waals surface area contributed by atoms with E-state index in [2.05, 4.69) is 6.07 Å². The van der Waals surface area contributed by atoms with Gasteiger partial charge in [-0.2, -0.15) is 5.10 Å². The summed E-state index contributed by atoms with van der Waals surface area (Å²) in [5, 5.41) is 15.7. The minimum atomic E-state index is -0.371. The third kappa shape index (κ3) is 4.52. The molecule has 2 aromatic carbocycles. The predicted octanol–water partition coefficient (Wildman–Crippen LogP) is 4.82. The van der Waals surface area contributed by atoms with E-state index in [1.807, 2.05) is 53.2 Å². The first-order valence-corrected chi connectivity index (χ1v) is 10.6. The lowest BCUT2D eigenvalue weighted by Crippen LogP contribution is -2.43. The van der Waals surface area contributed by atoms with E-state index in [-0.39, 0.29) is 11.9 Å². The van der Waals surface area contributed by atoms with Crippen LogP contribution >= 0.6 is 11.6 Å². The Balaban J connectivity index is 1.65. The van der Waals surface area contributed by atoms with Gasteiger partial charge in [0, 0.05) is 36.6 Å². The second-order valence-corrected chi connectivity index (χ2v) is 8.08. The van der Waals surface area contributed by atoms with E-state index in [9.17, 15) is 10.0 Å². The van der Waals surface area contributed by atoms with Gasteiger partial charge in [0.1, 0.15) is 5.75 Å². The highest BCUT2D eigenvalue weighted by molar-refractivity contribution is 6.30. The number of halogens is 1. The summed E-state index contributed by atoms with van der Waals surface area (Å²) < 4.78 is 7.22. The van der Waals surface area contributed by atoms with Crippen LogP contribution in [-0.4, -0.2) is 58.2 Å². The van der Waals surface area contributed by atoms with Crippen LogP contribution in [-0.2, 0) is 0 Å². The van der Waals surface area contributed by atoms with E-state index in [1.165, 1.54) is 7.05 Å². The smallest absolute Gasteiger partial charge is 0.343 e. The number of hydrogen-bond acceptors (Lipinski definition) is 4. The van der Waals surface area contributed by atoms with Gasteiger partial charge in [-0.05, 0) is 55.3 Å². The van der Waals surface area contributed by atoms with Crippen LogP contribution in [0.3, 0.4) is 0 Å². The zero-order valence-electron chi connectivity index (χ0n) is 17.5. The first-order valence-electron chi connectivity index (χ1n) is 10.2. The Morgan fingerprint density at radius 3 is 2.35 bits per heavy atom. The van der Waals surface area contributed by atoms with Crippen LogP contribution in [0, 0.1) is 0 Å². The number of piperidine rings is 1. The quantitative estimate of drug-likeness (QED) is 0.466. The molecule has 0 aliphatic carbocycles. The van der Waals surface area contributed by atoms with Crippen LogP contribution < -0.4 is 4.74 Å². The molecule has 162 valence electrons. The summed E-state index contributed by atoms with van der Waals surface area (Å²) in [5.41, 5.74) is 3.93. The summed E-state index contributed by atoms with van der Waals surface area (Å²) in [6.07, 6.45) is 1.58. The highest BCUT2D eigenvalue weighted by atomic mass is 35.5. The van der Waals surface area contributed by atoms with Crippen LogP contribution in [0.5, 0.6) is 5.75 Å². The number of ether oxygens (including phenoxy) is 1. The topological polar surface area (TPSA) is 70.8 Å². The molecule has 1 fully saturated rings. The lowest BCUT2D eigenvalue weighted by Gasteiger charge is -2.32. The van der Waals surface area contributed by atoms with E-state index in [1.54, 1.807) is 12.0 Å². The van der Waals surface area contributed by atoms with Crippen molar-refractivity contribution in [1.82, 2.24) is 19.7 Å². The molecule has 1 aromatic heterocycles. The van der Waals surface area contributed by atoms with E-state index in [4.69, 9.17) is 21.4 Å². The van der Waals surface area contributed by atoms with E-state index < -0.39 is 0 Å². The van der Waals surface area contributed by atoms with E-state index >= 15 is 0 Å². The molecule has 2 heterocycles. The maximum Gasteiger partial charge on any atom is 0.343 e. The molecule has 0 saturated carbocycles. The number of carbonyl (C=O) groups is 1. The standard InChI is InChI=1S/C23H25ClN4O3/c1-26(30)23(29)27-13-11-16(12-14-27)21-15-22(17-3-5-18(24)6-4-17)28(25-21)19-7-9-20(31-2)10-8-19/h3-10,15-16,30H,11-14H2,1-2H3. The molecule has 31 heavy (non-hydrogen) atoms. The van der Waals surface area contributed by atoms with Gasteiger partial charge < -0.3 is 9.64 Å². The normalized spacial score (nSPS) is 14.5. The molecule has 0 atom stereocenters. The number of aromatic nitrogens is 2. The maximum atomic E-state index is 12.0. The maximum absolute atomic E-state index is 12.0. The van der Waals surface area contributed by atoms with E-state index in [0.717, 1.165) is 41.2 Å². The van der Waals surface area contributed by atoms with Crippen LogP contribution in [0.1, 0.15) is 24.5 Å². The monoisotopic (exact) mass is 440 g/mol. The number of nitrogens with zero attached hydrogens (tertiary/aromatic N) is 4. The summed E-state index contributed by atoms with van der Waals surface area (Å²) in [6.45, 7) is 1.17. The molecule has 0 unspecified atom stereocenters. The van der Waals surface area contributed by atoms with Gasteiger partial charge in [-0.25, -0.2) is 14.5 Å². The third-order valence-electron chi connectivity index (χ3n) is 5.65. The summed E-state index contributed by atoms with van der Waals surface area (Å²) in [6, 6.07) is 17.3. The molecule has 1 aliphatic heterocycles. The fourth-order valence-electron chi connectivity index (χ4n) is 3.92. The van der Waals surface area contributed by atoms with Crippen LogP contribution in [0.4, 0.5) is 4.79 Å². The molecular formula is C23H25ClN4O3. The Bertz CT molecular complexity index is 1040. The van der Waals surface area contributed by atoms with Gasteiger partial charge in [0.25, 0.3) is 0 Å². The number of methoxy groups -OCH3 is 1. The van der Waals surface area contributed by atoms with Crippen molar-refractivity contribution >= 4 is 17.6 Å². The van der Waals surface area contributed by atoms with Crippen LogP contribution in [0.2, 0.25) is 5.02 Å². The number of carbonyl (C=O) groups excluding carboxylic acids is 1. The summed E-state index contributed by atoms with van der Waals surface area (Å²) in [4.78, 5) is 13.7. The molecule has 3 aromatic rings. The second kappa shape index (κ2) is 8.99. The van der Waals surface area contributed by atoms with Crippen LogP contribution in [0.15, 0.2) is 54.6 Å². The Morgan fingerprint density at radius 2 is 1.77 bits per heavy atom. The lowest BCUT2D eigenvalue weighted by molar-refractivity contribution is -0.0356. The Labute approximate surface area is 186 Å². The summed E-state index contributed by atoms with van der Waals surface area (Å²) in [7, 11) is 3.00. The van der Waals surface area contributed by atoms with Crippen molar-refractivity contribution in [2.75, 3.05) is 27.2 Å². The second-order valence-electron chi connectivity index (χ2n) is 7.64. The van der Waals surface area contributed by atoms with Crippen LogP contribution in [0.25, 0.3) is 16.9 Å². The van der Waals surface area contributed by atoms with E-state index in [0.29, 0.717) is 23.2 Å². The van der Waals surface area contributed by atoms with Crippen molar-refractivity contribution in [2.24, 2.45) is 0 Å². The average Bonchev–Trinajstić information content (AvgIpc) is 3.24. The Morgan fingerprint density at radius 1 is 1.13 bits per heavy atom. The largest absolute Gasteiger partial charge is 0.497 e. The Kier molecular flexibility index (Phi) is 6.15. The zero-order valence-corrected chi connectivity index (χ0v) is 18.3. The van der Waals surface area contributed by atoms with Gasteiger partial charge in [0.2, 0.25) is 0 Å². The lowest BCUT2D eigenvalue weighted by atomic mass is 9.93. The van der Waals surface area contributed by atoms with Gasteiger partial charge in [0.05, 0.1) is 24.2 Å². The van der Waals surface area contributed by atoms with Crippen molar-refractivity contribution < 1.29 is 14.7 Å². The van der Waals surface area contributed by atoms with Gasteiger partial charge in [-0.1, -0.05) is 23.7 Å². The van der Waals surface area contributed by atoms with Crippen molar-refractivity contribution in [3.8, 4) is 22.7 Å². The summed E-state index contributed by atoms with van der Waals surface area (Å²) in [5.74, 6) is 1.02. The molecular weight excluding hydrogens is 416 g/mol. The van der Waals surface area contributed by atoms with Gasteiger partial charge in [0.15, 0.2) is 0 Å². The number of hydrogen-bond donors (Lipinski definition) is 1. The fourth-order valence-corrected chi connectivity index (χ4v) is 4.04. The van der Waals surface area contributed by atoms with Gasteiger partial charge in [-0.3, -0.25) is 5.21 Å². The van der Waals surface area contributed by atoms with Crippen molar-refractivity contribution in [3.05, 3.63) is 65.3 Å². The first kappa shape index (κ1) is 21.2. The minimum Gasteiger partial charge on any atom is -0.497 e. The molecule has 8 heteroatoms.